The van der Waals surface area contributed by atoms with Crippen LogP contribution < -0.4 is 0 Å². The Morgan fingerprint density at radius 1 is 1.25 bits per heavy atom. The molecule has 0 saturated carbocycles. The zero-order chi connectivity index (χ0) is 11.7. The van der Waals surface area contributed by atoms with Gasteiger partial charge in [0.25, 0.3) is 0 Å². The van der Waals surface area contributed by atoms with Gasteiger partial charge in [-0.2, -0.15) is 0 Å². The molecule has 0 amide bonds. The highest BCUT2D eigenvalue weighted by Crippen LogP contribution is 2.39. The van der Waals surface area contributed by atoms with Crippen LogP contribution in [0.1, 0.15) is 44.2 Å². The Morgan fingerprint density at radius 3 is 2.56 bits per heavy atom. The van der Waals surface area contributed by atoms with E-state index in [1.807, 2.05) is 0 Å². The number of aliphatic hydroxyl groups is 1. The maximum Gasteiger partial charge on any atom is 0.0574 e. The number of benzene rings is 1. The zero-order valence-corrected chi connectivity index (χ0v) is 10.5. The fourth-order valence-corrected chi connectivity index (χ4v) is 2.52. The van der Waals surface area contributed by atoms with E-state index in [1.165, 1.54) is 11.1 Å². The van der Waals surface area contributed by atoms with Gasteiger partial charge in [0.15, 0.2) is 0 Å². The van der Waals surface area contributed by atoms with Crippen molar-refractivity contribution >= 4 is 0 Å². The number of hydrogen-bond donors (Lipinski definition) is 1. The van der Waals surface area contributed by atoms with Crippen LogP contribution in [-0.4, -0.2) is 11.2 Å². The fraction of sp³-hybridized carbons (Fsp3) is 0.600. The molecular weight excluding hydrogens is 196 g/mol. The van der Waals surface area contributed by atoms with E-state index < -0.39 is 0 Å². The lowest BCUT2D eigenvalue weighted by Gasteiger charge is -2.34. The molecule has 1 aliphatic rings. The highest BCUT2D eigenvalue weighted by Gasteiger charge is 2.29. The first-order valence-electron chi connectivity index (χ1n) is 6.35. The summed E-state index contributed by atoms with van der Waals surface area (Å²) in [4.78, 5) is 0. The molecule has 1 aromatic carbocycles. The molecule has 0 aliphatic heterocycles. The van der Waals surface area contributed by atoms with E-state index in [1.54, 1.807) is 0 Å². The molecule has 0 aromatic heterocycles. The molecule has 0 bridgehead atoms. The van der Waals surface area contributed by atoms with Gasteiger partial charge in [0.2, 0.25) is 0 Å². The smallest absolute Gasteiger partial charge is 0.0574 e. The van der Waals surface area contributed by atoms with Crippen LogP contribution in [0.5, 0.6) is 0 Å². The summed E-state index contributed by atoms with van der Waals surface area (Å²) < 4.78 is 0. The molecule has 0 spiro atoms. The third-order valence-electron chi connectivity index (χ3n) is 4.15. The summed E-state index contributed by atoms with van der Waals surface area (Å²) in [6, 6.07) is 8.60. The van der Waals surface area contributed by atoms with Gasteiger partial charge in [-0.05, 0) is 41.7 Å². The minimum absolute atomic E-state index is 0.154. The SMILES string of the molecule is CC(C)C(C)C(O)CC1Cc2ccccc21. The topological polar surface area (TPSA) is 20.2 Å². The van der Waals surface area contributed by atoms with Gasteiger partial charge in [-0.3, -0.25) is 0 Å². The summed E-state index contributed by atoms with van der Waals surface area (Å²) >= 11 is 0. The molecular formula is C15H22O. The summed E-state index contributed by atoms with van der Waals surface area (Å²) in [5.41, 5.74) is 2.93. The van der Waals surface area contributed by atoms with E-state index in [9.17, 15) is 5.11 Å². The number of aliphatic hydroxyl groups excluding tert-OH is 1. The zero-order valence-electron chi connectivity index (χ0n) is 10.5. The summed E-state index contributed by atoms with van der Waals surface area (Å²) in [6.45, 7) is 6.52. The lowest BCUT2D eigenvalue weighted by atomic mass is 9.73. The molecule has 0 fully saturated rings. The Bertz CT molecular complexity index is 356. The van der Waals surface area contributed by atoms with Gasteiger partial charge < -0.3 is 5.11 Å². The van der Waals surface area contributed by atoms with E-state index in [4.69, 9.17) is 0 Å². The minimum atomic E-state index is -0.154. The summed E-state index contributed by atoms with van der Waals surface area (Å²) in [6.07, 6.45) is 1.92. The van der Waals surface area contributed by atoms with E-state index in [2.05, 4.69) is 45.0 Å². The van der Waals surface area contributed by atoms with Gasteiger partial charge in [-0.25, -0.2) is 0 Å². The second-order valence-electron chi connectivity index (χ2n) is 5.51. The van der Waals surface area contributed by atoms with Crippen LogP contribution in [-0.2, 0) is 6.42 Å². The largest absolute Gasteiger partial charge is 0.393 e. The molecule has 16 heavy (non-hydrogen) atoms. The molecule has 1 nitrogen and oxygen atoms in total. The van der Waals surface area contributed by atoms with Crippen LogP contribution in [0.2, 0.25) is 0 Å². The van der Waals surface area contributed by atoms with Crippen LogP contribution >= 0.6 is 0 Å². The normalized spacial score (nSPS) is 22.4. The third-order valence-corrected chi connectivity index (χ3v) is 4.15. The van der Waals surface area contributed by atoms with Crippen LogP contribution in [0.25, 0.3) is 0 Å². The molecule has 3 unspecified atom stereocenters. The van der Waals surface area contributed by atoms with Crippen molar-refractivity contribution < 1.29 is 5.11 Å². The molecule has 1 heteroatoms. The Kier molecular flexibility index (Phi) is 3.34. The number of fused-ring (bicyclic) bond motifs is 1. The molecule has 0 radical (unpaired) electrons. The van der Waals surface area contributed by atoms with Crippen LogP contribution in [0.4, 0.5) is 0 Å². The quantitative estimate of drug-likeness (QED) is 0.821. The summed E-state index contributed by atoms with van der Waals surface area (Å²) in [5.74, 6) is 1.55. The van der Waals surface area contributed by atoms with E-state index in [-0.39, 0.29) is 6.10 Å². The first kappa shape index (κ1) is 11.7. The summed E-state index contributed by atoms with van der Waals surface area (Å²) in [7, 11) is 0. The van der Waals surface area contributed by atoms with Crippen molar-refractivity contribution in [3.05, 3.63) is 35.4 Å². The lowest BCUT2D eigenvalue weighted by Crippen LogP contribution is -2.28. The van der Waals surface area contributed by atoms with Gasteiger partial charge >= 0.3 is 0 Å². The lowest BCUT2D eigenvalue weighted by molar-refractivity contribution is 0.0748. The predicted octanol–water partition coefficient (Wildman–Crippen LogP) is 3.37. The molecule has 2 rings (SSSR count). The van der Waals surface area contributed by atoms with Gasteiger partial charge in [0.05, 0.1) is 6.10 Å². The van der Waals surface area contributed by atoms with Gasteiger partial charge in [-0.15, -0.1) is 0 Å². The average Bonchev–Trinajstić information content (AvgIpc) is 2.24. The average molecular weight is 218 g/mol. The first-order valence-corrected chi connectivity index (χ1v) is 6.35. The Labute approximate surface area is 98.5 Å². The van der Waals surface area contributed by atoms with E-state index in [0.717, 1.165) is 12.8 Å². The summed E-state index contributed by atoms with van der Waals surface area (Å²) in [5, 5.41) is 10.1. The Morgan fingerprint density at radius 2 is 1.94 bits per heavy atom. The van der Waals surface area contributed by atoms with Crippen molar-refractivity contribution in [3.63, 3.8) is 0 Å². The third kappa shape index (κ3) is 2.15. The fourth-order valence-electron chi connectivity index (χ4n) is 2.52. The predicted molar refractivity (Wildman–Crippen MR) is 67.5 cm³/mol. The molecule has 1 N–H and O–H groups in total. The Balaban J connectivity index is 1.94. The van der Waals surface area contributed by atoms with Crippen molar-refractivity contribution in [2.24, 2.45) is 11.8 Å². The van der Waals surface area contributed by atoms with Gasteiger partial charge in [-0.1, -0.05) is 45.0 Å². The number of hydrogen-bond acceptors (Lipinski definition) is 1. The Hall–Kier alpha value is -0.820. The second-order valence-corrected chi connectivity index (χ2v) is 5.51. The van der Waals surface area contributed by atoms with Crippen molar-refractivity contribution in [2.75, 3.05) is 0 Å². The second kappa shape index (κ2) is 4.58. The molecule has 1 aliphatic carbocycles. The van der Waals surface area contributed by atoms with Crippen molar-refractivity contribution in [3.8, 4) is 0 Å². The van der Waals surface area contributed by atoms with Crippen LogP contribution in [0, 0.1) is 11.8 Å². The standard InChI is InChI=1S/C15H22O/c1-10(2)11(3)15(16)9-13-8-12-6-4-5-7-14(12)13/h4-7,10-11,13,15-16H,8-9H2,1-3H3. The number of rotatable bonds is 4. The van der Waals surface area contributed by atoms with Crippen molar-refractivity contribution in [1.29, 1.82) is 0 Å². The van der Waals surface area contributed by atoms with Crippen LogP contribution in [0.15, 0.2) is 24.3 Å². The maximum absolute atomic E-state index is 10.1. The van der Waals surface area contributed by atoms with Crippen molar-refractivity contribution in [2.45, 2.75) is 45.6 Å². The van der Waals surface area contributed by atoms with Gasteiger partial charge in [0.1, 0.15) is 0 Å². The van der Waals surface area contributed by atoms with Gasteiger partial charge in [0, 0.05) is 0 Å². The molecule has 0 saturated heterocycles. The highest BCUT2D eigenvalue weighted by molar-refractivity contribution is 5.39. The van der Waals surface area contributed by atoms with Crippen molar-refractivity contribution in [1.82, 2.24) is 0 Å². The maximum atomic E-state index is 10.1. The first-order chi connectivity index (χ1) is 7.59. The monoisotopic (exact) mass is 218 g/mol. The molecule has 0 heterocycles. The van der Waals surface area contributed by atoms with Crippen LogP contribution in [0.3, 0.4) is 0 Å². The highest BCUT2D eigenvalue weighted by atomic mass is 16.3. The van der Waals surface area contributed by atoms with E-state index in [0.29, 0.717) is 17.8 Å². The molecule has 3 atom stereocenters. The molecule has 88 valence electrons. The molecule has 1 aromatic rings. The minimum Gasteiger partial charge on any atom is -0.393 e. The van der Waals surface area contributed by atoms with E-state index >= 15 is 0 Å².